The van der Waals surface area contributed by atoms with Crippen molar-refractivity contribution < 1.29 is 29.0 Å². The van der Waals surface area contributed by atoms with E-state index in [4.69, 9.17) is 0 Å². The summed E-state index contributed by atoms with van der Waals surface area (Å²) in [6, 6.07) is 0. The van der Waals surface area contributed by atoms with Crippen LogP contribution in [-0.2, 0) is 29.0 Å². The molecule has 3 nitrogen and oxygen atoms in total. The van der Waals surface area contributed by atoms with Crippen molar-refractivity contribution in [2.45, 2.75) is 20.1 Å². The van der Waals surface area contributed by atoms with Crippen LogP contribution in [0.4, 0.5) is 0 Å². The SMILES string of the molecule is CC(=O)OC(C)[NH][Pd]. The van der Waals surface area contributed by atoms with Gasteiger partial charge in [-0.25, -0.2) is 0 Å². The first kappa shape index (κ1) is 8.09. The van der Waals surface area contributed by atoms with Crippen molar-refractivity contribution in [3.8, 4) is 0 Å². The van der Waals surface area contributed by atoms with E-state index in [2.05, 4.69) is 28.1 Å². The third-order valence-electron chi connectivity index (χ3n) is 0.471. The molecule has 0 rings (SSSR count). The first-order valence-electron chi connectivity index (χ1n) is 2.17. The maximum absolute atomic E-state index is 10.1. The normalized spacial score (nSPS) is 13.0. The van der Waals surface area contributed by atoms with Crippen molar-refractivity contribution in [3.63, 3.8) is 0 Å². The Morgan fingerprint density at radius 1 is 1.88 bits per heavy atom. The first-order chi connectivity index (χ1) is 3.66. The van der Waals surface area contributed by atoms with E-state index in [0.717, 1.165) is 0 Å². The molecule has 4 heteroatoms. The van der Waals surface area contributed by atoms with Gasteiger partial charge >= 0.3 is 59.0 Å². The van der Waals surface area contributed by atoms with E-state index >= 15 is 0 Å². The Bertz CT molecular complexity index is 86.1. The van der Waals surface area contributed by atoms with Crippen molar-refractivity contribution in [1.29, 1.82) is 0 Å². The Balaban J connectivity index is 3.24. The standard InChI is InChI=1S/C4H8NO2.Pd/c1-3(5)7-4(2)6;/h3,5H,1-2H3;/q-1;+1. The number of hydrogen-bond donors (Lipinski definition) is 1. The van der Waals surface area contributed by atoms with Gasteiger partial charge in [-0.3, -0.25) is 0 Å². The van der Waals surface area contributed by atoms with Gasteiger partial charge in [0.2, 0.25) is 0 Å². The molecule has 0 spiro atoms. The Morgan fingerprint density at radius 3 is 2.50 bits per heavy atom. The number of rotatable bonds is 2. The third kappa shape index (κ3) is 4.26. The number of esters is 1. The van der Waals surface area contributed by atoms with Gasteiger partial charge in [0.25, 0.3) is 0 Å². The second-order valence-corrected chi connectivity index (χ2v) is 1.79. The van der Waals surface area contributed by atoms with Crippen LogP contribution in [0.3, 0.4) is 0 Å². The molecule has 0 saturated heterocycles. The molecule has 0 aromatic rings. The van der Waals surface area contributed by atoms with Crippen LogP contribution in [0.25, 0.3) is 0 Å². The molecule has 0 aromatic carbocycles. The molecular weight excluding hydrogens is 200 g/mol. The fourth-order valence-electron chi connectivity index (χ4n) is 0.268. The zero-order valence-electron chi connectivity index (χ0n) is 4.71. The van der Waals surface area contributed by atoms with Gasteiger partial charge < -0.3 is 0 Å². The van der Waals surface area contributed by atoms with Crippen LogP contribution in [0.2, 0.25) is 0 Å². The molecule has 0 radical (unpaired) electrons. The Hall–Kier alpha value is 0.0923. The molecule has 0 amide bonds. The second kappa shape index (κ2) is 4.02. The molecular formula is C4H8NO2Pd. The van der Waals surface area contributed by atoms with Gasteiger partial charge in [-0.2, -0.15) is 0 Å². The van der Waals surface area contributed by atoms with E-state index in [-0.39, 0.29) is 12.2 Å². The number of hydrogen-bond acceptors (Lipinski definition) is 3. The van der Waals surface area contributed by atoms with Crippen molar-refractivity contribution >= 4 is 5.97 Å². The fraction of sp³-hybridized carbons (Fsp3) is 0.750. The summed E-state index contributed by atoms with van der Waals surface area (Å²) in [4.78, 5) is 10.1. The third-order valence-corrected chi connectivity index (χ3v) is 1.10. The number of carbonyl (C=O) groups excluding carboxylic acids is 1. The quantitative estimate of drug-likeness (QED) is 0.393. The second-order valence-electron chi connectivity index (χ2n) is 1.34. The van der Waals surface area contributed by atoms with Gasteiger partial charge in [-0.15, -0.1) is 0 Å². The molecule has 0 heterocycles. The molecule has 1 atom stereocenters. The predicted molar refractivity (Wildman–Crippen MR) is 24.4 cm³/mol. The molecule has 8 heavy (non-hydrogen) atoms. The average Bonchev–Trinajstić information content (AvgIpc) is 1.65. The molecule has 0 aromatic heterocycles. The Kier molecular flexibility index (Phi) is 4.07. The van der Waals surface area contributed by atoms with Crippen molar-refractivity contribution in [3.05, 3.63) is 0 Å². The molecule has 1 unspecified atom stereocenters. The van der Waals surface area contributed by atoms with Gasteiger partial charge in [0, 0.05) is 0 Å². The summed E-state index contributed by atoms with van der Waals surface area (Å²) in [6.07, 6.45) is -0.240. The predicted octanol–water partition coefficient (Wildman–Crippen LogP) is -0.0531. The maximum atomic E-state index is 10.1. The van der Waals surface area contributed by atoms with Crippen LogP contribution >= 0.6 is 0 Å². The van der Waals surface area contributed by atoms with Crippen molar-refractivity contribution in [1.82, 2.24) is 3.95 Å². The van der Waals surface area contributed by atoms with E-state index in [9.17, 15) is 4.79 Å². The van der Waals surface area contributed by atoms with Crippen LogP contribution in [0.1, 0.15) is 13.8 Å². The molecule has 0 fully saturated rings. The molecule has 0 aliphatic heterocycles. The number of nitrogens with one attached hydrogen (secondary N) is 1. The van der Waals surface area contributed by atoms with Crippen LogP contribution in [0.5, 0.6) is 0 Å². The van der Waals surface area contributed by atoms with Gasteiger partial charge in [0.1, 0.15) is 0 Å². The first-order valence-corrected chi connectivity index (χ1v) is 2.95. The van der Waals surface area contributed by atoms with Gasteiger partial charge in [0.15, 0.2) is 0 Å². The van der Waals surface area contributed by atoms with Crippen LogP contribution in [-0.4, -0.2) is 12.2 Å². The van der Waals surface area contributed by atoms with Gasteiger partial charge in [-0.05, 0) is 0 Å². The average molecular weight is 209 g/mol. The number of carbonyl (C=O) groups is 1. The van der Waals surface area contributed by atoms with E-state index < -0.39 is 0 Å². The summed E-state index contributed by atoms with van der Waals surface area (Å²) < 4.78 is 7.22. The molecule has 0 saturated carbocycles. The van der Waals surface area contributed by atoms with Gasteiger partial charge in [-0.1, -0.05) is 0 Å². The number of ether oxygens (including phenoxy) is 1. The zero-order chi connectivity index (χ0) is 6.57. The monoisotopic (exact) mass is 208 g/mol. The zero-order valence-corrected chi connectivity index (χ0v) is 6.26. The van der Waals surface area contributed by atoms with E-state index in [1.807, 2.05) is 0 Å². The van der Waals surface area contributed by atoms with E-state index in [1.54, 1.807) is 6.92 Å². The minimum atomic E-state index is -0.282. The minimum absolute atomic E-state index is 0.240. The molecule has 0 aliphatic rings. The Labute approximate surface area is 59.5 Å². The summed E-state index contributed by atoms with van der Waals surface area (Å²) in [5.74, 6) is -0.282. The summed E-state index contributed by atoms with van der Waals surface area (Å²) in [5.41, 5.74) is 0. The summed E-state index contributed by atoms with van der Waals surface area (Å²) in [5, 5.41) is 0. The summed E-state index contributed by atoms with van der Waals surface area (Å²) in [6.45, 7) is 3.09. The van der Waals surface area contributed by atoms with E-state index in [0.29, 0.717) is 0 Å². The molecule has 51 valence electrons. The fourth-order valence-corrected chi connectivity index (χ4v) is 0.359. The molecule has 0 bridgehead atoms. The van der Waals surface area contributed by atoms with Crippen LogP contribution < -0.4 is 3.95 Å². The topological polar surface area (TPSA) is 38.3 Å². The molecule has 0 aliphatic carbocycles. The van der Waals surface area contributed by atoms with Gasteiger partial charge in [0.05, 0.1) is 0 Å². The molecule has 1 N–H and O–H groups in total. The van der Waals surface area contributed by atoms with E-state index in [1.165, 1.54) is 6.92 Å². The summed E-state index contributed by atoms with van der Waals surface area (Å²) >= 11 is 2.68. The Morgan fingerprint density at radius 2 is 2.38 bits per heavy atom. The van der Waals surface area contributed by atoms with Crippen molar-refractivity contribution in [2.75, 3.05) is 0 Å². The van der Waals surface area contributed by atoms with Crippen LogP contribution in [0.15, 0.2) is 0 Å². The van der Waals surface area contributed by atoms with Crippen LogP contribution in [0, 0.1) is 0 Å². The summed E-state index contributed by atoms with van der Waals surface area (Å²) in [7, 11) is 0. The van der Waals surface area contributed by atoms with Crippen molar-refractivity contribution in [2.24, 2.45) is 0 Å².